The molecule has 0 amide bonds. The third kappa shape index (κ3) is 1.44. The number of rotatable bonds is 0. The molecule has 1 heteroatoms. The van der Waals surface area contributed by atoms with Crippen molar-refractivity contribution in [2.75, 3.05) is 0 Å². The van der Waals surface area contributed by atoms with E-state index in [9.17, 15) is 0 Å². The molecule has 0 aromatic carbocycles. The summed E-state index contributed by atoms with van der Waals surface area (Å²) in [5, 5.41) is 0. The molecule has 1 N–H and O–H groups in total. The van der Waals surface area contributed by atoms with Crippen molar-refractivity contribution in [1.82, 2.24) is 4.98 Å². The van der Waals surface area contributed by atoms with E-state index in [0.29, 0.717) is 0 Å². The monoisotopic (exact) mass is 203 g/mol. The third-order valence-corrected chi connectivity index (χ3v) is 4.34. The van der Waals surface area contributed by atoms with Gasteiger partial charge < -0.3 is 4.98 Å². The van der Waals surface area contributed by atoms with Crippen LogP contribution in [-0.4, -0.2) is 4.98 Å². The lowest BCUT2D eigenvalue weighted by Gasteiger charge is -2.21. The average molecular weight is 203 g/mol. The van der Waals surface area contributed by atoms with E-state index in [1.807, 2.05) is 0 Å². The van der Waals surface area contributed by atoms with E-state index in [0.717, 1.165) is 11.8 Å². The highest BCUT2D eigenvalue weighted by Crippen LogP contribution is 2.38. The normalized spacial score (nSPS) is 29.7. The molecule has 2 unspecified atom stereocenters. The van der Waals surface area contributed by atoms with Crippen LogP contribution in [0.25, 0.3) is 0 Å². The zero-order valence-electron chi connectivity index (χ0n) is 9.90. The van der Waals surface area contributed by atoms with E-state index < -0.39 is 0 Å². The molecule has 1 aromatic rings. The van der Waals surface area contributed by atoms with Crippen LogP contribution in [0.1, 0.15) is 61.5 Å². The fraction of sp³-hybridized carbons (Fsp3) is 0.714. The van der Waals surface area contributed by atoms with Crippen molar-refractivity contribution in [1.29, 1.82) is 0 Å². The second-order valence-electron chi connectivity index (χ2n) is 5.62. The standard InChI is InChI=1S/C14H21N/c1-9-6-7-13-12(8-9)11-5-3-4-10(2)14(11)15-13/h9-10,15H,3-8H2,1-2H3. The van der Waals surface area contributed by atoms with E-state index >= 15 is 0 Å². The fourth-order valence-corrected chi connectivity index (χ4v) is 3.39. The molecule has 3 rings (SSSR count). The highest BCUT2D eigenvalue weighted by atomic mass is 14.8. The minimum Gasteiger partial charge on any atom is -0.362 e. The van der Waals surface area contributed by atoms with Crippen molar-refractivity contribution in [3.8, 4) is 0 Å². The van der Waals surface area contributed by atoms with E-state index in [1.165, 1.54) is 38.5 Å². The SMILES string of the molecule is CC1CCc2[nH]c3c(c2C1)CCCC3C. The number of nitrogens with one attached hydrogen (secondary N) is 1. The molecule has 0 saturated heterocycles. The maximum atomic E-state index is 3.72. The van der Waals surface area contributed by atoms with Crippen LogP contribution in [0.15, 0.2) is 0 Å². The van der Waals surface area contributed by atoms with Crippen molar-refractivity contribution < 1.29 is 0 Å². The van der Waals surface area contributed by atoms with Crippen molar-refractivity contribution in [2.45, 2.75) is 58.3 Å². The first-order chi connectivity index (χ1) is 7.25. The number of aromatic amines is 1. The van der Waals surface area contributed by atoms with Gasteiger partial charge in [0.25, 0.3) is 0 Å². The molecule has 1 heterocycles. The molecule has 2 aliphatic carbocycles. The Labute approximate surface area is 92.3 Å². The first kappa shape index (κ1) is 9.50. The number of hydrogen-bond donors (Lipinski definition) is 1. The molecule has 82 valence electrons. The summed E-state index contributed by atoms with van der Waals surface area (Å²) < 4.78 is 0. The summed E-state index contributed by atoms with van der Waals surface area (Å²) in [5.41, 5.74) is 6.57. The Balaban J connectivity index is 2.07. The lowest BCUT2D eigenvalue weighted by Crippen LogP contribution is -2.12. The van der Waals surface area contributed by atoms with Crippen molar-refractivity contribution in [3.05, 3.63) is 22.5 Å². The second-order valence-corrected chi connectivity index (χ2v) is 5.62. The Morgan fingerprint density at radius 1 is 1.07 bits per heavy atom. The van der Waals surface area contributed by atoms with Crippen LogP contribution in [0.5, 0.6) is 0 Å². The summed E-state index contributed by atoms with van der Waals surface area (Å²) in [6, 6.07) is 0. The van der Waals surface area contributed by atoms with Gasteiger partial charge >= 0.3 is 0 Å². The lowest BCUT2D eigenvalue weighted by atomic mass is 9.82. The summed E-state index contributed by atoms with van der Waals surface area (Å²) >= 11 is 0. The summed E-state index contributed by atoms with van der Waals surface area (Å²) in [6.45, 7) is 4.78. The van der Waals surface area contributed by atoms with Gasteiger partial charge in [0, 0.05) is 11.4 Å². The second kappa shape index (κ2) is 3.40. The molecule has 15 heavy (non-hydrogen) atoms. The van der Waals surface area contributed by atoms with Gasteiger partial charge in [-0.05, 0) is 61.5 Å². The molecule has 0 fully saturated rings. The third-order valence-electron chi connectivity index (χ3n) is 4.34. The summed E-state index contributed by atoms with van der Waals surface area (Å²) in [6.07, 6.45) is 8.10. The number of aromatic nitrogens is 1. The molecule has 0 spiro atoms. The van der Waals surface area contributed by atoms with Crippen molar-refractivity contribution in [2.24, 2.45) is 5.92 Å². The predicted molar refractivity (Wildman–Crippen MR) is 63.3 cm³/mol. The van der Waals surface area contributed by atoms with E-state index in [2.05, 4.69) is 18.8 Å². The van der Waals surface area contributed by atoms with Crippen LogP contribution in [0.3, 0.4) is 0 Å². The quantitative estimate of drug-likeness (QED) is 0.663. The maximum Gasteiger partial charge on any atom is 0.0213 e. The van der Waals surface area contributed by atoms with Gasteiger partial charge in [-0.25, -0.2) is 0 Å². The van der Waals surface area contributed by atoms with Gasteiger partial charge in [0.1, 0.15) is 0 Å². The average Bonchev–Trinajstić information content (AvgIpc) is 2.58. The van der Waals surface area contributed by atoms with Crippen LogP contribution >= 0.6 is 0 Å². The van der Waals surface area contributed by atoms with Gasteiger partial charge in [0.15, 0.2) is 0 Å². The van der Waals surface area contributed by atoms with Gasteiger partial charge in [-0.2, -0.15) is 0 Å². The van der Waals surface area contributed by atoms with Gasteiger partial charge in [0.05, 0.1) is 0 Å². The van der Waals surface area contributed by atoms with E-state index in [1.54, 1.807) is 22.5 Å². The van der Waals surface area contributed by atoms with Gasteiger partial charge in [0.2, 0.25) is 0 Å². The largest absolute Gasteiger partial charge is 0.362 e. The molecule has 0 saturated carbocycles. The van der Waals surface area contributed by atoms with E-state index in [-0.39, 0.29) is 0 Å². The van der Waals surface area contributed by atoms with Crippen LogP contribution in [0, 0.1) is 5.92 Å². The Bertz CT molecular complexity index is 375. The molecular formula is C14H21N. The Kier molecular flexibility index (Phi) is 2.15. The van der Waals surface area contributed by atoms with Gasteiger partial charge in [-0.15, -0.1) is 0 Å². The van der Waals surface area contributed by atoms with Crippen LogP contribution < -0.4 is 0 Å². The predicted octanol–water partition coefficient (Wildman–Crippen LogP) is 3.58. The van der Waals surface area contributed by atoms with Crippen molar-refractivity contribution in [3.63, 3.8) is 0 Å². The molecular weight excluding hydrogens is 182 g/mol. The number of hydrogen-bond acceptors (Lipinski definition) is 0. The summed E-state index contributed by atoms with van der Waals surface area (Å²) in [5.74, 6) is 1.67. The van der Waals surface area contributed by atoms with Gasteiger partial charge in [-0.3, -0.25) is 0 Å². The molecule has 2 atom stereocenters. The minimum atomic E-state index is 0.773. The molecule has 1 aromatic heterocycles. The minimum absolute atomic E-state index is 0.773. The fourth-order valence-electron chi connectivity index (χ4n) is 3.39. The zero-order chi connectivity index (χ0) is 10.4. The molecule has 0 aliphatic heterocycles. The summed E-state index contributed by atoms with van der Waals surface area (Å²) in [7, 11) is 0. The highest BCUT2D eigenvalue weighted by molar-refractivity contribution is 5.41. The first-order valence-electron chi connectivity index (χ1n) is 6.48. The number of H-pyrrole nitrogens is 1. The van der Waals surface area contributed by atoms with Crippen LogP contribution in [-0.2, 0) is 19.3 Å². The Morgan fingerprint density at radius 2 is 1.93 bits per heavy atom. The highest BCUT2D eigenvalue weighted by Gasteiger charge is 2.27. The van der Waals surface area contributed by atoms with E-state index in [4.69, 9.17) is 0 Å². The zero-order valence-corrected chi connectivity index (χ0v) is 9.90. The first-order valence-corrected chi connectivity index (χ1v) is 6.48. The smallest absolute Gasteiger partial charge is 0.0213 e. The Hall–Kier alpha value is -0.720. The molecule has 0 bridgehead atoms. The lowest BCUT2D eigenvalue weighted by molar-refractivity contribution is 0.495. The van der Waals surface area contributed by atoms with Crippen LogP contribution in [0.2, 0.25) is 0 Å². The topological polar surface area (TPSA) is 15.8 Å². The summed E-state index contributed by atoms with van der Waals surface area (Å²) in [4.78, 5) is 3.72. The van der Waals surface area contributed by atoms with Gasteiger partial charge in [-0.1, -0.05) is 13.8 Å². The number of fused-ring (bicyclic) bond motifs is 3. The van der Waals surface area contributed by atoms with Crippen LogP contribution in [0.4, 0.5) is 0 Å². The maximum absolute atomic E-state index is 3.72. The van der Waals surface area contributed by atoms with Crippen molar-refractivity contribution >= 4 is 0 Å². The molecule has 0 radical (unpaired) electrons. The molecule has 1 nitrogen and oxygen atoms in total. The molecule has 2 aliphatic rings. The Morgan fingerprint density at radius 3 is 2.80 bits per heavy atom. The number of aryl methyl sites for hydroxylation is 1.